The molecule has 1 saturated heterocycles. The number of nitrogens with one attached hydrogen (secondary N) is 1. The van der Waals surface area contributed by atoms with Gasteiger partial charge < -0.3 is 15.1 Å². The molecule has 4 rings (SSSR count). The van der Waals surface area contributed by atoms with Gasteiger partial charge in [-0.25, -0.2) is 8.78 Å². The molecule has 2 aromatic carbocycles. The zero-order chi connectivity index (χ0) is 19.8. The Morgan fingerprint density at radius 3 is 2.14 bits per heavy atom. The van der Waals surface area contributed by atoms with Crippen LogP contribution in [0.4, 0.5) is 14.5 Å². The molecule has 0 bridgehead atoms. The first-order valence-electron chi connectivity index (χ1n) is 9.04. The summed E-state index contributed by atoms with van der Waals surface area (Å²) in [6.07, 6.45) is 0. The summed E-state index contributed by atoms with van der Waals surface area (Å²) in [5, 5.41) is 2.88. The lowest BCUT2D eigenvalue weighted by molar-refractivity contribution is 0.0917. The molecule has 0 atom stereocenters. The molecule has 0 amide bonds. The van der Waals surface area contributed by atoms with E-state index in [1.165, 1.54) is 6.07 Å². The van der Waals surface area contributed by atoms with Crippen molar-refractivity contribution in [3.05, 3.63) is 76.6 Å². The summed E-state index contributed by atoms with van der Waals surface area (Å²) >= 11 is 0. The highest BCUT2D eigenvalue weighted by molar-refractivity contribution is 6.27. The number of carbonyl (C=O) groups excluding carboxylic acids is 2. The van der Waals surface area contributed by atoms with Gasteiger partial charge in [-0.15, -0.1) is 0 Å². The van der Waals surface area contributed by atoms with Gasteiger partial charge in [0.1, 0.15) is 11.4 Å². The second-order valence-corrected chi connectivity index (χ2v) is 6.97. The number of nitrogens with zero attached hydrogens (tertiary/aromatic N) is 2. The van der Waals surface area contributed by atoms with Crippen LogP contribution in [0.15, 0.2) is 53.9 Å². The summed E-state index contributed by atoms with van der Waals surface area (Å²) in [4.78, 5) is 30.4. The minimum Gasteiger partial charge on any atom is -0.364 e. The van der Waals surface area contributed by atoms with E-state index in [1.807, 2.05) is 11.9 Å². The summed E-state index contributed by atoms with van der Waals surface area (Å²) in [5.41, 5.74) is 1.24. The minimum atomic E-state index is -1.03. The van der Waals surface area contributed by atoms with Gasteiger partial charge in [0.05, 0.1) is 0 Å². The van der Waals surface area contributed by atoms with E-state index in [2.05, 4.69) is 10.2 Å². The number of Topliss-reactive ketones (excluding diaryl/α,β-unsaturated/α-hetero) is 2. The van der Waals surface area contributed by atoms with Crippen LogP contribution in [-0.2, 0) is 0 Å². The maximum atomic E-state index is 13.6. The van der Waals surface area contributed by atoms with Crippen LogP contribution in [0.25, 0.3) is 0 Å². The fourth-order valence-corrected chi connectivity index (χ4v) is 3.53. The number of allylic oxidation sites excluding steroid dienone is 2. The van der Waals surface area contributed by atoms with Gasteiger partial charge >= 0.3 is 0 Å². The number of fused-ring (bicyclic) bond motifs is 1. The Morgan fingerprint density at radius 2 is 1.50 bits per heavy atom. The number of likely N-dealkylation sites (N-methyl/N-ethyl adjacent to an activating group) is 1. The highest BCUT2D eigenvalue weighted by atomic mass is 19.2. The number of piperazine rings is 1. The Kier molecular flexibility index (Phi) is 4.68. The summed E-state index contributed by atoms with van der Waals surface area (Å²) < 4.78 is 26.9. The van der Waals surface area contributed by atoms with E-state index < -0.39 is 11.6 Å². The quantitative estimate of drug-likeness (QED) is 0.883. The van der Waals surface area contributed by atoms with Crippen LogP contribution in [0.2, 0.25) is 0 Å². The predicted octanol–water partition coefficient (Wildman–Crippen LogP) is 2.91. The Morgan fingerprint density at radius 1 is 0.857 bits per heavy atom. The normalized spacial score (nSPS) is 17.8. The second kappa shape index (κ2) is 7.16. The average molecular weight is 383 g/mol. The third kappa shape index (κ3) is 3.18. The lowest BCUT2D eigenvalue weighted by atomic mass is 9.89. The molecule has 0 aromatic heterocycles. The topological polar surface area (TPSA) is 52.6 Å². The molecule has 0 spiro atoms. The lowest BCUT2D eigenvalue weighted by Crippen LogP contribution is -2.47. The SMILES string of the molecule is CN1CCN(C2=C(Nc3ccc(F)c(F)c3)C(=O)c3ccccc3C2=O)CC1. The number of rotatable bonds is 3. The van der Waals surface area contributed by atoms with Crippen LogP contribution in [0.3, 0.4) is 0 Å². The van der Waals surface area contributed by atoms with Crippen LogP contribution in [0, 0.1) is 11.6 Å². The van der Waals surface area contributed by atoms with E-state index in [0.29, 0.717) is 24.2 Å². The highest BCUT2D eigenvalue weighted by Crippen LogP contribution is 2.30. The molecule has 2 aliphatic rings. The van der Waals surface area contributed by atoms with Crippen molar-refractivity contribution in [2.75, 3.05) is 38.5 Å². The third-order valence-corrected chi connectivity index (χ3v) is 5.10. The largest absolute Gasteiger partial charge is 0.364 e. The van der Waals surface area contributed by atoms with Crippen molar-refractivity contribution >= 4 is 17.3 Å². The van der Waals surface area contributed by atoms with Gasteiger partial charge in [0.25, 0.3) is 0 Å². The number of halogens is 2. The molecular formula is C21H19F2N3O2. The predicted molar refractivity (Wildman–Crippen MR) is 101 cm³/mol. The Hall–Kier alpha value is -3.06. The molecule has 144 valence electrons. The van der Waals surface area contributed by atoms with Gasteiger partial charge in [0.2, 0.25) is 11.6 Å². The van der Waals surface area contributed by atoms with Crippen LogP contribution in [-0.4, -0.2) is 54.6 Å². The third-order valence-electron chi connectivity index (χ3n) is 5.10. The Balaban J connectivity index is 1.80. The molecule has 0 unspecified atom stereocenters. The van der Waals surface area contributed by atoms with Crippen molar-refractivity contribution in [1.29, 1.82) is 0 Å². The van der Waals surface area contributed by atoms with E-state index in [1.54, 1.807) is 24.3 Å². The molecule has 1 aliphatic heterocycles. The minimum absolute atomic E-state index is 0.0965. The number of anilines is 1. The number of benzene rings is 2. The molecule has 0 saturated carbocycles. The molecule has 7 heteroatoms. The Labute approximate surface area is 161 Å². The zero-order valence-electron chi connectivity index (χ0n) is 15.3. The highest BCUT2D eigenvalue weighted by Gasteiger charge is 2.36. The van der Waals surface area contributed by atoms with E-state index >= 15 is 0 Å². The molecule has 2 aromatic rings. The van der Waals surface area contributed by atoms with Crippen molar-refractivity contribution in [3.63, 3.8) is 0 Å². The van der Waals surface area contributed by atoms with Crippen LogP contribution in [0.5, 0.6) is 0 Å². The van der Waals surface area contributed by atoms with Crippen LogP contribution >= 0.6 is 0 Å². The smallest absolute Gasteiger partial charge is 0.212 e. The standard InChI is InChI=1S/C21H19F2N3O2/c1-25-8-10-26(11-9-25)19-18(24-13-6-7-16(22)17(23)12-13)20(27)14-4-2-3-5-15(14)21(19)28/h2-7,12,24H,8-11H2,1H3. The van der Waals surface area contributed by atoms with E-state index in [9.17, 15) is 18.4 Å². The number of ketones is 2. The molecule has 1 aliphatic carbocycles. The molecular weight excluding hydrogens is 364 g/mol. The summed E-state index contributed by atoms with van der Waals surface area (Å²) in [7, 11) is 2.00. The first kappa shape index (κ1) is 18.3. The lowest BCUT2D eigenvalue weighted by Gasteiger charge is -2.37. The van der Waals surface area contributed by atoms with Gasteiger partial charge in [-0.1, -0.05) is 24.3 Å². The molecule has 0 radical (unpaired) electrons. The number of hydrogen-bond donors (Lipinski definition) is 1. The number of hydrogen-bond acceptors (Lipinski definition) is 5. The second-order valence-electron chi connectivity index (χ2n) is 6.97. The molecule has 28 heavy (non-hydrogen) atoms. The first-order chi connectivity index (χ1) is 13.5. The zero-order valence-corrected chi connectivity index (χ0v) is 15.3. The van der Waals surface area contributed by atoms with Crippen LogP contribution in [0.1, 0.15) is 20.7 Å². The fourth-order valence-electron chi connectivity index (χ4n) is 3.53. The van der Waals surface area contributed by atoms with E-state index in [0.717, 1.165) is 25.2 Å². The maximum absolute atomic E-state index is 13.6. The first-order valence-corrected chi connectivity index (χ1v) is 9.04. The summed E-state index contributed by atoms with van der Waals surface area (Å²) in [5.74, 6) is -2.59. The van der Waals surface area contributed by atoms with E-state index in [4.69, 9.17) is 0 Å². The Bertz CT molecular complexity index is 995. The van der Waals surface area contributed by atoms with Crippen molar-refractivity contribution in [2.24, 2.45) is 0 Å². The molecule has 1 heterocycles. The van der Waals surface area contributed by atoms with Gasteiger partial charge in [0, 0.05) is 49.1 Å². The molecule has 1 fully saturated rings. The molecule has 5 nitrogen and oxygen atoms in total. The van der Waals surface area contributed by atoms with Crippen molar-refractivity contribution in [3.8, 4) is 0 Å². The van der Waals surface area contributed by atoms with Gasteiger partial charge in [0.15, 0.2) is 11.6 Å². The van der Waals surface area contributed by atoms with Crippen molar-refractivity contribution in [2.45, 2.75) is 0 Å². The summed E-state index contributed by atoms with van der Waals surface area (Å²) in [6, 6.07) is 9.95. The molecule has 1 N–H and O–H groups in total. The average Bonchev–Trinajstić information content (AvgIpc) is 2.70. The summed E-state index contributed by atoms with van der Waals surface area (Å²) in [6.45, 7) is 2.70. The monoisotopic (exact) mass is 383 g/mol. The van der Waals surface area contributed by atoms with E-state index in [-0.39, 0.29) is 28.6 Å². The number of carbonyl (C=O) groups is 2. The van der Waals surface area contributed by atoms with Crippen molar-refractivity contribution < 1.29 is 18.4 Å². The maximum Gasteiger partial charge on any atom is 0.212 e. The fraction of sp³-hybridized carbons (Fsp3) is 0.238. The van der Waals surface area contributed by atoms with Crippen LogP contribution < -0.4 is 5.32 Å². The van der Waals surface area contributed by atoms with Gasteiger partial charge in [-0.05, 0) is 19.2 Å². The van der Waals surface area contributed by atoms with Gasteiger partial charge in [-0.2, -0.15) is 0 Å². The van der Waals surface area contributed by atoms with Gasteiger partial charge in [-0.3, -0.25) is 9.59 Å². The van der Waals surface area contributed by atoms with Crippen molar-refractivity contribution in [1.82, 2.24) is 9.80 Å².